The summed E-state index contributed by atoms with van der Waals surface area (Å²) in [7, 11) is 0. The maximum atomic E-state index is 13.3. The Kier molecular flexibility index (Phi) is 31.8. The fourth-order valence-corrected chi connectivity index (χ4v) is 18.1. The van der Waals surface area contributed by atoms with Gasteiger partial charge in [0.05, 0.1) is 82.9 Å². The second-order valence-corrected chi connectivity index (χ2v) is 34.4. The van der Waals surface area contributed by atoms with Crippen LogP contribution in [0.25, 0.3) is 33.4 Å². The van der Waals surface area contributed by atoms with Crippen LogP contribution < -0.4 is 16.0 Å². The van der Waals surface area contributed by atoms with Crippen molar-refractivity contribution in [2.24, 2.45) is 0 Å². The maximum Gasteiger partial charge on any atom is 0.417 e. The molecule has 0 radical (unpaired) electrons. The minimum Gasteiger partial charge on any atom is -0.360 e. The van der Waals surface area contributed by atoms with E-state index >= 15 is 0 Å². The second kappa shape index (κ2) is 43.0. The van der Waals surface area contributed by atoms with Crippen LogP contribution in [0.3, 0.4) is 0 Å². The summed E-state index contributed by atoms with van der Waals surface area (Å²) in [5.41, 5.74) is 9.05. The average molecular weight is 1840 g/mol. The summed E-state index contributed by atoms with van der Waals surface area (Å²) in [6, 6.07) is 80.9. The molecule has 15 nitrogen and oxygen atoms in total. The summed E-state index contributed by atoms with van der Waals surface area (Å²) < 4.78 is 99.0. The largest absolute Gasteiger partial charge is 0.417 e. The van der Waals surface area contributed by atoms with Crippen molar-refractivity contribution in [1.82, 2.24) is 14.7 Å². The summed E-state index contributed by atoms with van der Waals surface area (Å²) in [6.45, 7) is 5.57. The van der Waals surface area contributed by atoms with Crippen LogP contribution in [-0.4, -0.2) is 104 Å². The van der Waals surface area contributed by atoms with E-state index in [2.05, 4.69) is 73.1 Å². The van der Waals surface area contributed by atoms with Crippen molar-refractivity contribution in [3.05, 3.63) is 334 Å². The molecule has 127 heavy (non-hydrogen) atoms. The highest BCUT2D eigenvalue weighted by molar-refractivity contribution is 6.42. The fourth-order valence-electron chi connectivity index (χ4n) is 16.8. The van der Waals surface area contributed by atoms with Gasteiger partial charge in [-0.3, -0.25) is 19.3 Å². The molecule has 3 aliphatic heterocycles. The molecular weight excluding hydrogens is 1750 g/mol. The Balaban J connectivity index is 0.000000163. The van der Waals surface area contributed by atoms with E-state index in [9.17, 15) is 56.5 Å². The van der Waals surface area contributed by atoms with E-state index in [1.165, 1.54) is 43.4 Å². The van der Waals surface area contributed by atoms with Crippen molar-refractivity contribution in [3.8, 4) is 51.6 Å². The number of rotatable bonds is 24. The van der Waals surface area contributed by atoms with Crippen LogP contribution in [-0.2, 0) is 70.7 Å². The second-order valence-electron chi connectivity index (χ2n) is 31.9. The van der Waals surface area contributed by atoms with E-state index in [-0.39, 0.29) is 37.1 Å². The van der Waals surface area contributed by atoms with Gasteiger partial charge in [-0.15, -0.1) is 0 Å². The molecule has 1 saturated carbocycles. The van der Waals surface area contributed by atoms with Gasteiger partial charge in [0.1, 0.15) is 19.8 Å². The number of hydrogen-bond acceptors (Lipinski definition) is 12. The van der Waals surface area contributed by atoms with E-state index < -0.39 is 62.1 Å². The number of anilines is 3. The van der Waals surface area contributed by atoms with Crippen LogP contribution in [0.1, 0.15) is 120 Å². The molecule has 4 fully saturated rings. The Hall–Kier alpha value is -10.6. The van der Waals surface area contributed by atoms with Crippen molar-refractivity contribution >= 4 is 104 Å². The number of benzene rings is 11. The lowest BCUT2D eigenvalue weighted by Gasteiger charge is -2.44. The van der Waals surface area contributed by atoms with Crippen molar-refractivity contribution in [1.29, 1.82) is 15.8 Å². The molecule has 11 aromatic carbocycles. The van der Waals surface area contributed by atoms with Crippen LogP contribution >= 0.6 is 69.6 Å². The normalized spacial score (nSPS) is 15.8. The summed E-state index contributed by atoms with van der Waals surface area (Å²) in [4.78, 5) is 45.9. The Morgan fingerprint density at radius 2 is 0.756 bits per heavy atom. The van der Waals surface area contributed by atoms with Gasteiger partial charge in [0.15, 0.2) is 0 Å². The molecule has 27 heteroatoms. The van der Waals surface area contributed by atoms with Gasteiger partial charge in [-0.25, -0.2) is 0 Å². The average Bonchev–Trinajstić information content (AvgIpc) is 1.55. The van der Waals surface area contributed by atoms with Gasteiger partial charge in [-0.05, 0) is 222 Å². The zero-order valence-electron chi connectivity index (χ0n) is 69.0. The summed E-state index contributed by atoms with van der Waals surface area (Å²) in [5, 5.41) is 36.8. The molecule has 11 aromatic rings. The summed E-state index contributed by atoms with van der Waals surface area (Å²) >= 11 is 36.0. The number of ether oxygens (including phenoxy) is 3. The molecule has 0 atom stereocenters. The Labute approximate surface area is 764 Å². The lowest BCUT2D eigenvalue weighted by atomic mass is 9.82. The first-order valence-corrected chi connectivity index (χ1v) is 43.8. The highest BCUT2D eigenvalue weighted by atomic mass is 35.5. The van der Waals surface area contributed by atoms with Crippen molar-refractivity contribution < 1.29 is 54.9 Å². The standard InChI is InChI=1S/C35H31ClF3N3O2.C33H27Cl4N3O2.C32H31ClF3N3O2/c36-32-14-13-30(22-31(32)35(37,38)39)41-33(43)24-44-34(16-19-42(20-17-34)18-15-25-5-2-1-3-6-25)29-11-9-27(10-12-29)28-8-4-7-26(21-28)23-40;34-27-16-28(35)18-29(17-27)39-32(41)21-42-33(10-12-40(13-11-33)20-23-4-9-30(36)31(37)15-23)26-7-5-24(6-8-26)25-3-1-2-22(14-25)19-38;33-29-13-12-26(19-28(29)32(34,35)36)38-30(40)21-41-31(14-16-39(17-15-31)27-6-1-2-7-27)25-10-8-23(9-11-25)24-5-3-4-22(18-24)20-37/h1-14,21-22H,15-20,24H2,(H,41,43);1-9,14-18H,10-13,20-21H2,(H,39,41);3-5,8-13,18-19,27H,1-2,6-7,14-17,21H2,(H,38,40). The van der Waals surface area contributed by atoms with Gasteiger partial charge in [0, 0.05) is 85.5 Å². The predicted octanol–water partition coefficient (Wildman–Crippen LogP) is 24.9. The zero-order valence-corrected chi connectivity index (χ0v) is 73.5. The minimum absolute atomic E-state index is 0.00406. The molecule has 0 bridgehead atoms. The predicted molar refractivity (Wildman–Crippen MR) is 488 cm³/mol. The van der Waals surface area contributed by atoms with Gasteiger partial charge in [-0.1, -0.05) is 228 Å². The molecular formula is C100H89Cl6F6N9O6. The van der Waals surface area contributed by atoms with Crippen LogP contribution in [0.2, 0.25) is 30.1 Å². The number of nitrogens with zero attached hydrogens (tertiary/aromatic N) is 6. The van der Waals surface area contributed by atoms with Gasteiger partial charge in [0.2, 0.25) is 17.7 Å². The number of likely N-dealkylation sites (tertiary alicyclic amines) is 3. The number of nitriles is 3. The van der Waals surface area contributed by atoms with Gasteiger partial charge in [-0.2, -0.15) is 42.1 Å². The molecule has 0 unspecified atom stereocenters. The molecule has 3 heterocycles. The summed E-state index contributed by atoms with van der Waals surface area (Å²) in [6.07, 6.45) is 0.588. The lowest BCUT2D eigenvalue weighted by Crippen LogP contribution is -2.48. The molecule has 654 valence electrons. The van der Waals surface area contributed by atoms with Crippen LogP contribution in [0.5, 0.6) is 0 Å². The van der Waals surface area contributed by atoms with E-state index in [1.54, 1.807) is 36.4 Å². The quantitative estimate of drug-likeness (QED) is 0.0485. The minimum atomic E-state index is -4.64. The molecule has 3 N–H and O–H groups in total. The Morgan fingerprint density at radius 1 is 0.378 bits per heavy atom. The highest BCUT2D eigenvalue weighted by Crippen LogP contribution is 2.45. The van der Waals surface area contributed by atoms with Crippen molar-refractivity contribution in [3.63, 3.8) is 0 Å². The van der Waals surface area contributed by atoms with Crippen LogP contribution in [0.15, 0.2) is 249 Å². The number of hydrogen-bond donors (Lipinski definition) is 3. The first kappa shape index (κ1) is 94.0. The number of amides is 3. The number of halogens is 12. The Bertz CT molecular complexity index is 5780. The summed E-state index contributed by atoms with van der Waals surface area (Å²) in [5.74, 6) is -1.39. The highest BCUT2D eigenvalue weighted by Gasteiger charge is 2.43. The molecule has 3 saturated heterocycles. The Morgan fingerprint density at radius 3 is 1.14 bits per heavy atom. The smallest absolute Gasteiger partial charge is 0.360 e. The third-order valence-corrected chi connectivity index (χ3v) is 25.5. The SMILES string of the molecule is N#Cc1cccc(-c2ccc(C3(OCC(=O)Nc4cc(Cl)cc(Cl)c4)CCN(Cc4ccc(Cl)c(Cl)c4)CC3)cc2)c1.N#Cc1cccc(-c2ccc(C3(OCC(=O)Nc4ccc(Cl)c(C(F)(F)F)c4)CCN(C4CCCC4)CC3)cc2)c1.N#Cc1cccc(-c2ccc(C3(OCC(=O)Nc4ccc(Cl)c(C(F)(F)F)c4)CCN(CCc4ccccc4)CC3)cc2)c1. The number of carbonyl (C=O) groups excluding carboxylic acids is 3. The zero-order chi connectivity index (χ0) is 89.9. The van der Waals surface area contributed by atoms with E-state index in [0.29, 0.717) is 87.0 Å². The third-order valence-electron chi connectivity index (χ3n) is 23.6. The van der Waals surface area contributed by atoms with Gasteiger partial charge in [0.25, 0.3) is 0 Å². The lowest BCUT2D eigenvalue weighted by molar-refractivity contribution is -0.138. The third kappa shape index (κ3) is 25.2. The van der Waals surface area contributed by atoms with Gasteiger partial charge >= 0.3 is 12.4 Å². The monoisotopic (exact) mass is 1840 g/mol. The van der Waals surface area contributed by atoms with E-state index in [0.717, 1.165) is 139 Å². The number of carbonyl (C=O) groups is 3. The molecule has 0 aromatic heterocycles. The van der Waals surface area contributed by atoms with E-state index in [1.807, 2.05) is 152 Å². The topological polar surface area (TPSA) is 196 Å². The van der Waals surface area contributed by atoms with Gasteiger partial charge < -0.3 is 40.0 Å². The number of nitrogens with one attached hydrogen (secondary N) is 3. The molecule has 0 spiro atoms. The number of alkyl halides is 6. The molecule has 3 amide bonds. The van der Waals surface area contributed by atoms with E-state index in [4.69, 9.17) is 83.8 Å². The van der Waals surface area contributed by atoms with Crippen molar-refractivity contribution in [2.75, 3.05) is 81.6 Å². The first-order chi connectivity index (χ1) is 61.0. The van der Waals surface area contributed by atoms with Crippen LogP contribution in [0.4, 0.5) is 43.4 Å². The van der Waals surface area contributed by atoms with Crippen molar-refractivity contribution in [2.45, 2.75) is 112 Å². The maximum absolute atomic E-state index is 13.3. The number of piperidine rings is 3. The molecule has 15 rings (SSSR count). The van der Waals surface area contributed by atoms with Crippen LogP contribution in [0, 0.1) is 34.0 Å². The molecule has 4 aliphatic rings. The fraction of sp³-hybridized carbons (Fsp3) is 0.280. The molecule has 1 aliphatic carbocycles. The first-order valence-electron chi connectivity index (χ1n) is 41.6.